The van der Waals surface area contributed by atoms with Gasteiger partial charge in [-0.05, 0) is 26.7 Å². The molecule has 0 aromatic carbocycles. The third-order valence-corrected chi connectivity index (χ3v) is 3.63. The van der Waals surface area contributed by atoms with E-state index >= 15 is 0 Å². The number of amides is 1. The lowest BCUT2D eigenvalue weighted by Crippen LogP contribution is -2.39. The second-order valence-corrected chi connectivity index (χ2v) is 4.81. The highest BCUT2D eigenvalue weighted by Gasteiger charge is 2.28. The molecule has 0 aliphatic carbocycles. The lowest BCUT2D eigenvalue weighted by atomic mass is 10.2. The highest BCUT2D eigenvalue weighted by atomic mass is 16.3. The van der Waals surface area contributed by atoms with Crippen molar-refractivity contribution in [3.8, 4) is 0 Å². The molecule has 1 aromatic heterocycles. The molecule has 0 radical (unpaired) electrons. The Morgan fingerprint density at radius 2 is 2.28 bits per heavy atom. The third kappa shape index (κ3) is 2.20. The Hall–Kier alpha value is -1.56. The van der Waals surface area contributed by atoms with Gasteiger partial charge in [0, 0.05) is 6.54 Å². The van der Waals surface area contributed by atoms with Crippen molar-refractivity contribution in [2.24, 2.45) is 0 Å². The first kappa shape index (κ1) is 12.9. The summed E-state index contributed by atoms with van der Waals surface area (Å²) in [5, 5.41) is 13.5. The number of aryl methyl sites for hydroxylation is 1. The van der Waals surface area contributed by atoms with E-state index in [-0.39, 0.29) is 25.1 Å². The largest absolute Gasteiger partial charge is 0.396 e. The number of aliphatic hydroxyl groups excluding tert-OH is 1. The number of aliphatic hydroxyl groups is 1. The van der Waals surface area contributed by atoms with E-state index in [0.717, 1.165) is 30.8 Å². The zero-order chi connectivity index (χ0) is 13.3. The standard InChI is InChI=1S/C12H20N4O2/c1-8-12(13)9(2)16(14-8)6-11(18)15-5-3-4-10(15)7-17/h10,17H,3-7,13H2,1-2H3/t10-/m1/s1. The molecule has 0 unspecified atom stereocenters. The molecular weight excluding hydrogens is 232 g/mol. The molecular formula is C12H20N4O2. The fraction of sp³-hybridized carbons (Fsp3) is 0.667. The maximum atomic E-state index is 12.2. The zero-order valence-electron chi connectivity index (χ0n) is 10.9. The zero-order valence-corrected chi connectivity index (χ0v) is 10.9. The van der Waals surface area contributed by atoms with Gasteiger partial charge in [0.2, 0.25) is 5.91 Å². The van der Waals surface area contributed by atoms with Crippen LogP contribution in [0.15, 0.2) is 0 Å². The summed E-state index contributed by atoms with van der Waals surface area (Å²) >= 11 is 0. The van der Waals surface area contributed by atoms with Crippen molar-refractivity contribution in [1.82, 2.24) is 14.7 Å². The van der Waals surface area contributed by atoms with Gasteiger partial charge in [0.05, 0.1) is 29.7 Å². The highest BCUT2D eigenvalue weighted by Crippen LogP contribution is 2.19. The predicted octanol–water partition coefficient (Wildman–Crippen LogP) is 0.0654. The molecule has 6 heteroatoms. The lowest BCUT2D eigenvalue weighted by Gasteiger charge is -2.23. The van der Waals surface area contributed by atoms with Crippen LogP contribution in [0.4, 0.5) is 5.69 Å². The summed E-state index contributed by atoms with van der Waals surface area (Å²) in [4.78, 5) is 13.9. The topological polar surface area (TPSA) is 84.4 Å². The molecule has 1 atom stereocenters. The maximum absolute atomic E-state index is 12.2. The first-order valence-corrected chi connectivity index (χ1v) is 6.24. The fourth-order valence-electron chi connectivity index (χ4n) is 2.44. The van der Waals surface area contributed by atoms with E-state index in [2.05, 4.69) is 5.10 Å². The molecule has 100 valence electrons. The van der Waals surface area contributed by atoms with Crippen LogP contribution < -0.4 is 5.73 Å². The number of nitrogens with zero attached hydrogens (tertiary/aromatic N) is 3. The summed E-state index contributed by atoms with van der Waals surface area (Å²) in [7, 11) is 0. The van der Waals surface area contributed by atoms with Crippen LogP contribution in [0.1, 0.15) is 24.2 Å². The number of rotatable bonds is 3. The Morgan fingerprint density at radius 1 is 1.56 bits per heavy atom. The number of nitrogen functional groups attached to an aromatic ring is 1. The quantitative estimate of drug-likeness (QED) is 0.797. The van der Waals surface area contributed by atoms with Gasteiger partial charge in [-0.3, -0.25) is 9.48 Å². The molecule has 1 aromatic rings. The van der Waals surface area contributed by atoms with Gasteiger partial charge in [0.15, 0.2) is 0 Å². The Bertz CT molecular complexity index is 455. The molecule has 18 heavy (non-hydrogen) atoms. The molecule has 2 heterocycles. The van der Waals surface area contributed by atoms with E-state index in [4.69, 9.17) is 5.73 Å². The van der Waals surface area contributed by atoms with E-state index in [1.165, 1.54) is 0 Å². The Balaban J connectivity index is 2.09. The van der Waals surface area contributed by atoms with Gasteiger partial charge >= 0.3 is 0 Å². The van der Waals surface area contributed by atoms with Crippen LogP contribution in [-0.4, -0.2) is 44.9 Å². The summed E-state index contributed by atoms with van der Waals surface area (Å²) in [6.45, 7) is 4.63. The summed E-state index contributed by atoms with van der Waals surface area (Å²) in [5.41, 5.74) is 8.05. The number of hydrogen-bond donors (Lipinski definition) is 2. The van der Waals surface area contributed by atoms with Crippen LogP contribution in [0, 0.1) is 13.8 Å². The van der Waals surface area contributed by atoms with Gasteiger partial charge in [-0.25, -0.2) is 0 Å². The fourth-order valence-corrected chi connectivity index (χ4v) is 2.44. The van der Waals surface area contributed by atoms with E-state index in [0.29, 0.717) is 5.69 Å². The van der Waals surface area contributed by atoms with Crippen molar-refractivity contribution < 1.29 is 9.90 Å². The minimum Gasteiger partial charge on any atom is -0.396 e. The van der Waals surface area contributed by atoms with Crippen molar-refractivity contribution in [2.75, 3.05) is 18.9 Å². The predicted molar refractivity (Wildman–Crippen MR) is 67.9 cm³/mol. The van der Waals surface area contributed by atoms with Crippen LogP contribution >= 0.6 is 0 Å². The number of carbonyl (C=O) groups excluding carboxylic acids is 1. The first-order chi connectivity index (χ1) is 8.54. The van der Waals surface area contributed by atoms with E-state index in [1.54, 1.807) is 9.58 Å². The average Bonchev–Trinajstić information content (AvgIpc) is 2.91. The van der Waals surface area contributed by atoms with Gasteiger partial charge < -0.3 is 15.7 Å². The second kappa shape index (κ2) is 4.97. The van der Waals surface area contributed by atoms with E-state index in [9.17, 15) is 9.90 Å². The highest BCUT2D eigenvalue weighted by molar-refractivity contribution is 5.77. The molecule has 1 fully saturated rings. The van der Waals surface area contributed by atoms with Crippen LogP contribution in [-0.2, 0) is 11.3 Å². The molecule has 0 saturated carbocycles. The summed E-state index contributed by atoms with van der Waals surface area (Å²) in [6.07, 6.45) is 1.83. The van der Waals surface area contributed by atoms with Crippen molar-refractivity contribution in [1.29, 1.82) is 0 Å². The van der Waals surface area contributed by atoms with Crippen LogP contribution in [0.2, 0.25) is 0 Å². The van der Waals surface area contributed by atoms with Crippen LogP contribution in [0.25, 0.3) is 0 Å². The molecule has 1 saturated heterocycles. The third-order valence-electron chi connectivity index (χ3n) is 3.63. The van der Waals surface area contributed by atoms with E-state index < -0.39 is 0 Å². The SMILES string of the molecule is Cc1nn(CC(=O)N2CCC[C@@H]2CO)c(C)c1N. The van der Waals surface area contributed by atoms with Crippen LogP contribution in [0.3, 0.4) is 0 Å². The van der Waals surface area contributed by atoms with E-state index in [1.807, 2.05) is 13.8 Å². The molecule has 6 nitrogen and oxygen atoms in total. The molecule has 3 N–H and O–H groups in total. The number of carbonyl (C=O) groups is 1. The van der Waals surface area contributed by atoms with Crippen molar-refractivity contribution >= 4 is 11.6 Å². The first-order valence-electron chi connectivity index (χ1n) is 6.24. The molecule has 2 rings (SSSR count). The number of aromatic nitrogens is 2. The van der Waals surface area contributed by atoms with Crippen molar-refractivity contribution in [2.45, 2.75) is 39.3 Å². The minimum atomic E-state index is -0.0354. The average molecular weight is 252 g/mol. The number of anilines is 1. The molecule has 1 aliphatic heterocycles. The molecule has 0 spiro atoms. The Kier molecular flexibility index (Phi) is 3.56. The Labute approximate surface area is 106 Å². The normalized spacial score (nSPS) is 19.5. The molecule has 0 bridgehead atoms. The lowest BCUT2D eigenvalue weighted by molar-refractivity contribution is -0.133. The minimum absolute atomic E-state index is 0.00264. The summed E-state index contributed by atoms with van der Waals surface area (Å²) in [5.74, 6) is -0.00264. The summed E-state index contributed by atoms with van der Waals surface area (Å²) in [6, 6.07) is -0.0354. The van der Waals surface area contributed by atoms with Gasteiger partial charge in [-0.15, -0.1) is 0 Å². The van der Waals surface area contributed by atoms with Gasteiger partial charge in [-0.2, -0.15) is 5.10 Å². The van der Waals surface area contributed by atoms with Crippen molar-refractivity contribution in [3.63, 3.8) is 0 Å². The Morgan fingerprint density at radius 3 is 2.83 bits per heavy atom. The molecule has 1 amide bonds. The van der Waals surface area contributed by atoms with Gasteiger partial charge in [0.25, 0.3) is 0 Å². The smallest absolute Gasteiger partial charge is 0.244 e. The number of hydrogen-bond acceptors (Lipinski definition) is 4. The number of likely N-dealkylation sites (tertiary alicyclic amines) is 1. The van der Waals surface area contributed by atoms with Crippen molar-refractivity contribution in [3.05, 3.63) is 11.4 Å². The number of nitrogens with two attached hydrogens (primary N) is 1. The summed E-state index contributed by atoms with van der Waals surface area (Å²) < 4.78 is 1.64. The maximum Gasteiger partial charge on any atom is 0.244 e. The van der Waals surface area contributed by atoms with Crippen LogP contribution in [0.5, 0.6) is 0 Å². The second-order valence-electron chi connectivity index (χ2n) is 4.81. The monoisotopic (exact) mass is 252 g/mol. The van der Waals surface area contributed by atoms with Gasteiger partial charge in [0.1, 0.15) is 6.54 Å². The molecule has 1 aliphatic rings. The van der Waals surface area contributed by atoms with Gasteiger partial charge in [-0.1, -0.05) is 0 Å².